The lowest BCUT2D eigenvalue weighted by molar-refractivity contribution is -0.0646. The van der Waals surface area contributed by atoms with E-state index in [2.05, 4.69) is 31.8 Å². The van der Waals surface area contributed by atoms with Crippen molar-refractivity contribution < 1.29 is 15.3 Å². The topological polar surface area (TPSA) is 107 Å². The summed E-state index contributed by atoms with van der Waals surface area (Å²) in [6.07, 6.45) is 3.07. The number of nitrogens with zero attached hydrogens (tertiary/aromatic N) is 3. The summed E-state index contributed by atoms with van der Waals surface area (Å²) in [5, 5.41) is 41.5. The minimum atomic E-state index is -0.779. The van der Waals surface area contributed by atoms with Gasteiger partial charge in [-0.25, -0.2) is 0 Å². The summed E-state index contributed by atoms with van der Waals surface area (Å²) < 4.78 is 0.00388. The van der Waals surface area contributed by atoms with Crippen molar-refractivity contribution in [2.75, 3.05) is 45.8 Å². The number of hydrogen-bond acceptors (Lipinski definition) is 10. The number of rotatable bonds is 8. The lowest BCUT2D eigenvalue weighted by Crippen LogP contribution is -2.56. The van der Waals surface area contributed by atoms with Gasteiger partial charge < -0.3 is 15.3 Å². The number of fused-ring (bicyclic) bond motifs is 2. The van der Waals surface area contributed by atoms with E-state index in [-0.39, 0.29) is 27.0 Å². The molecule has 12 heteroatoms. The predicted octanol–water partition coefficient (Wildman–Crippen LogP) is -0.124. The van der Waals surface area contributed by atoms with Crippen LogP contribution in [0.2, 0.25) is 0 Å². The second-order valence-corrected chi connectivity index (χ2v) is 13.2. The van der Waals surface area contributed by atoms with Crippen molar-refractivity contribution in [1.29, 1.82) is 0 Å². The number of hydrogen-bond donors (Lipinski definition) is 6. The number of alkyl halides is 2. The summed E-state index contributed by atoms with van der Waals surface area (Å²) in [5.74, 6) is 0.445. The fraction of sp³-hybridized carbons (Fsp3) is 0.909. The van der Waals surface area contributed by atoms with Crippen LogP contribution in [0.3, 0.4) is 0 Å². The highest BCUT2D eigenvalue weighted by molar-refractivity contribution is 8.01. The number of thioether (sulfide) groups is 1. The Morgan fingerprint density at radius 1 is 1.18 bits per heavy atom. The molecule has 4 fully saturated rings. The summed E-state index contributed by atoms with van der Waals surface area (Å²) >= 11 is 14.3. The Morgan fingerprint density at radius 3 is 2.68 bits per heavy atom. The fourth-order valence-electron chi connectivity index (χ4n) is 6.24. The first-order valence-corrected chi connectivity index (χ1v) is 14.2. The average Bonchev–Trinajstić information content (AvgIpc) is 3.45. The summed E-state index contributed by atoms with van der Waals surface area (Å²) in [6.45, 7) is 7.19. The van der Waals surface area contributed by atoms with E-state index in [9.17, 15) is 15.3 Å². The molecule has 4 heterocycles. The lowest BCUT2D eigenvalue weighted by Gasteiger charge is -2.41. The Kier molecular flexibility index (Phi) is 8.08. The van der Waals surface area contributed by atoms with Gasteiger partial charge in [0.05, 0.1) is 10.1 Å². The smallest absolute Gasteiger partial charge is 0.165 e. The van der Waals surface area contributed by atoms with Crippen molar-refractivity contribution in [2.24, 2.45) is 11.3 Å². The van der Waals surface area contributed by atoms with Gasteiger partial charge in [-0.1, -0.05) is 6.08 Å². The molecule has 34 heavy (non-hydrogen) atoms. The zero-order valence-electron chi connectivity index (χ0n) is 19.6. The normalized spacial score (nSPS) is 40.4. The molecule has 4 aliphatic heterocycles. The van der Waals surface area contributed by atoms with Crippen LogP contribution in [0, 0.1) is 11.3 Å². The molecule has 8 atom stereocenters. The molecule has 0 amide bonds. The third-order valence-corrected chi connectivity index (χ3v) is 9.97. The quantitative estimate of drug-likeness (QED) is 0.143. The Morgan fingerprint density at radius 2 is 1.97 bits per heavy atom. The lowest BCUT2D eigenvalue weighted by atomic mass is 9.76. The molecule has 0 radical (unpaired) electrons. The van der Waals surface area contributed by atoms with E-state index in [1.807, 2.05) is 4.90 Å². The second-order valence-electron chi connectivity index (χ2n) is 10.5. The van der Waals surface area contributed by atoms with E-state index in [4.69, 9.17) is 23.2 Å². The van der Waals surface area contributed by atoms with Gasteiger partial charge in [-0.05, 0) is 37.7 Å². The van der Waals surface area contributed by atoms with Crippen molar-refractivity contribution in [3.05, 3.63) is 11.6 Å². The van der Waals surface area contributed by atoms with Crippen LogP contribution in [0.4, 0.5) is 0 Å². The minimum Gasteiger partial charge on any atom is -0.379 e. The van der Waals surface area contributed by atoms with Gasteiger partial charge >= 0.3 is 0 Å². The summed E-state index contributed by atoms with van der Waals surface area (Å²) in [6, 6.07) is 0.155. The second kappa shape index (κ2) is 10.6. The number of halogens is 2. The van der Waals surface area contributed by atoms with Crippen molar-refractivity contribution in [3.8, 4) is 0 Å². The van der Waals surface area contributed by atoms with Gasteiger partial charge in [0.15, 0.2) is 12.7 Å². The molecule has 4 saturated heterocycles. The van der Waals surface area contributed by atoms with Gasteiger partial charge in [0, 0.05) is 57.3 Å². The first-order chi connectivity index (χ1) is 16.2. The average molecular weight is 538 g/mol. The highest BCUT2D eigenvalue weighted by atomic mass is 35.5. The molecule has 194 valence electrons. The van der Waals surface area contributed by atoms with E-state index in [0.29, 0.717) is 12.5 Å². The molecule has 1 aliphatic carbocycles. The summed E-state index contributed by atoms with van der Waals surface area (Å²) in [4.78, 5) is 6.29. The Bertz CT molecular complexity index is 762. The van der Waals surface area contributed by atoms with Crippen LogP contribution in [0.15, 0.2) is 11.6 Å². The molecular weight excluding hydrogens is 499 g/mol. The third kappa shape index (κ3) is 5.30. The van der Waals surface area contributed by atoms with E-state index >= 15 is 0 Å². The zero-order valence-corrected chi connectivity index (χ0v) is 21.9. The summed E-state index contributed by atoms with van der Waals surface area (Å²) in [5.41, 5.74) is 1.13. The third-order valence-electron chi connectivity index (χ3n) is 8.13. The van der Waals surface area contributed by atoms with Crippen molar-refractivity contribution in [3.63, 3.8) is 0 Å². The number of likely N-dealkylation sites (tertiary alicyclic amines) is 3. The number of aliphatic hydroxyl groups excluding tert-OH is 3. The highest BCUT2D eigenvalue weighted by Crippen LogP contribution is 2.50. The molecule has 0 aromatic carbocycles. The molecule has 5 rings (SSSR count). The van der Waals surface area contributed by atoms with Gasteiger partial charge in [0.1, 0.15) is 11.7 Å². The van der Waals surface area contributed by atoms with Gasteiger partial charge in [-0.2, -0.15) is 0 Å². The molecule has 0 aromatic heterocycles. The maximum absolute atomic E-state index is 11.1. The highest BCUT2D eigenvalue weighted by Gasteiger charge is 2.54. The Labute approximate surface area is 216 Å². The maximum atomic E-state index is 11.1. The molecule has 6 N–H and O–H groups in total. The number of allylic oxidation sites excluding steroid dienone is 1. The standard InChI is InChI=1S/C22H38Cl2N6O3S/c1-13(31)29-9-14(10-29)7-26-20(32)28-5-4-22(11-28)12-30(17-3-2-15(23)6-16(17)22)21(33)27-19-25-8-18(24)34-19/h6,13-15,17-21,25-27,31-33H,2-5,7-12H2,1H3. The zero-order chi connectivity index (χ0) is 24.0. The molecule has 0 bridgehead atoms. The van der Waals surface area contributed by atoms with Crippen LogP contribution in [0.5, 0.6) is 0 Å². The van der Waals surface area contributed by atoms with E-state index in [1.165, 1.54) is 5.57 Å². The molecule has 0 aromatic rings. The van der Waals surface area contributed by atoms with E-state index in [1.54, 1.807) is 18.7 Å². The molecule has 5 aliphatic rings. The van der Waals surface area contributed by atoms with Crippen molar-refractivity contribution in [1.82, 2.24) is 30.7 Å². The number of nitrogens with one attached hydrogen (secondary N) is 3. The van der Waals surface area contributed by atoms with Crippen molar-refractivity contribution in [2.45, 2.75) is 66.7 Å². The largest absolute Gasteiger partial charge is 0.379 e. The molecular formula is C22H38Cl2N6O3S. The maximum Gasteiger partial charge on any atom is 0.165 e. The van der Waals surface area contributed by atoms with E-state index < -0.39 is 18.9 Å². The van der Waals surface area contributed by atoms with Crippen molar-refractivity contribution >= 4 is 35.0 Å². The molecule has 8 unspecified atom stereocenters. The minimum absolute atomic E-state index is 0.00388. The predicted molar refractivity (Wildman–Crippen MR) is 135 cm³/mol. The molecule has 0 saturated carbocycles. The first kappa shape index (κ1) is 25.9. The van der Waals surface area contributed by atoms with Crippen LogP contribution in [-0.4, -0.2) is 116 Å². The van der Waals surface area contributed by atoms with Crippen LogP contribution >= 0.6 is 35.0 Å². The fourth-order valence-corrected chi connectivity index (χ4v) is 7.78. The van der Waals surface area contributed by atoms with Crippen LogP contribution in [0.25, 0.3) is 0 Å². The Hall–Kier alpha value is 0.310. The van der Waals surface area contributed by atoms with Crippen LogP contribution < -0.4 is 16.0 Å². The molecule has 9 nitrogen and oxygen atoms in total. The van der Waals surface area contributed by atoms with Gasteiger partial charge in [-0.3, -0.25) is 30.7 Å². The SMILES string of the molecule is CC(O)N1CC(CNC(O)N2CCC3(C2)CN(C(O)NC2NCC(Cl)S2)C2CCC(Cl)C=C23)C1. The van der Waals surface area contributed by atoms with Crippen LogP contribution in [0.1, 0.15) is 26.2 Å². The summed E-state index contributed by atoms with van der Waals surface area (Å²) in [7, 11) is 0. The van der Waals surface area contributed by atoms with E-state index in [0.717, 1.165) is 58.5 Å². The first-order valence-electron chi connectivity index (χ1n) is 12.4. The van der Waals surface area contributed by atoms with Crippen LogP contribution in [-0.2, 0) is 0 Å². The monoisotopic (exact) mass is 536 g/mol. The van der Waals surface area contributed by atoms with Gasteiger partial charge in [0.25, 0.3) is 0 Å². The Balaban J connectivity index is 1.20. The molecule has 1 spiro atoms. The number of aliphatic hydroxyl groups is 3. The van der Waals surface area contributed by atoms with Gasteiger partial charge in [-0.15, -0.1) is 35.0 Å². The van der Waals surface area contributed by atoms with Gasteiger partial charge in [0.2, 0.25) is 0 Å².